The van der Waals surface area contributed by atoms with Crippen molar-refractivity contribution >= 4 is 5.91 Å². The number of aromatic nitrogens is 4. The molecule has 0 aliphatic carbocycles. The van der Waals surface area contributed by atoms with Gasteiger partial charge in [0.1, 0.15) is 6.33 Å². The lowest BCUT2D eigenvalue weighted by Crippen LogP contribution is -2.40. The van der Waals surface area contributed by atoms with E-state index in [1.807, 2.05) is 4.90 Å². The average molecular weight is 327 g/mol. The van der Waals surface area contributed by atoms with Crippen molar-refractivity contribution in [3.63, 3.8) is 0 Å². The van der Waals surface area contributed by atoms with E-state index in [1.54, 1.807) is 6.20 Å². The van der Waals surface area contributed by atoms with Crippen molar-refractivity contribution in [1.82, 2.24) is 24.8 Å². The lowest BCUT2D eigenvalue weighted by molar-refractivity contribution is 0.0703. The molecule has 3 heterocycles. The zero-order chi connectivity index (χ0) is 16.9. The first kappa shape index (κ1) is 16.3. The predicted octanol–water partition coefficient (Wildman–Crippen LogP) is 1.53. The van der Waals surface area contributed by atoms with Gasteiger partial charge in [-0.2, -0.15) is 0 Å². The number of carbonyl (C=O) groups excluding carboxylic acids is 1. The molecule has 2 aromatic rings. The summed E-state index contributed by atoms with van der Waals surface area (Å²) in [6.45, 7) is 3.33. The van der Waals surface area contributed by atoms with Crippen molar-refractivity contribution in [3.05, 3.63) is 52.2 Å². The van der Waals surface area contributed by atoms with Crippen molar-refractivity contribution in [2.75, 3.05) is 13.1 Å². The molecule has 0 spiro atoms. The lowest BCUT2D eigenvalue weighted by atomic mass is 9.94. The van der Waals surface area contributed by atoms with Gasteiger partial charge >= 0.3 is 0 Å². The van der Waals surface area contributed by atoms with Crippen LogP contribution in [0.1, 0.15) is 53.8 Å². The van der Waals surface area contributed by atoms with Crippen molar-refractivity contribution in [3.8, 4) is 0 Å². The van der Waals surface area contributed by atoms with Crippen LogP contribution in [-0.4, -0.2) is 43.8 Å². The summed E-state index contributed by atoms with van der Waals surface area (Å²) in [4.78, 5) is 41.3. The van der Waals surface area contributed by atoms with Crippen LogP contribution in [0.3, 0.4) is 0 Å². The van der Waals surface area contributed by atoms with E-state index in [9.17, 15) is 9.59 Å². The van der Waals surface area contributed by atoms with Crippen molar-refractivity contribution in [1.29, 1.82) is 0 Å². The van der Waals surface area contributed by atoms with Crippen LogP contribution < -0.4 is 5.56 Å². The number of aryl methyl sites for hydroxylation is 1. The normalized spacial score (nSPS) is 17.7. The highest BCUT2D eigenvalue weighted by Gasteiger charge is 2.27. The van der Waals surface area contributed by atoms with E-state index in [0.717, 1.165) is 37.1 Å². The summed E-state index contributed by atoms with van der Waals surface area (Å²) in [6, 6.07) is 1.52. The van der Waals surface area contributed by atoms with E-state index in [2.05, 4.69) is 26.9 Å². The third-order valence-corrected chi connectivity index (χ3v) is 4.34. The van der Waals surface area contributed by atoms with E-state index in [4.69, 9.17) is 0 Å². The fourth-order valence-electron chi connectivity index (χ4n) is 3.15. The van der Waals surface area contributed by atoms with Crippen LogP contribution in [0.25, 0.3) is 0 Å². The number of amides is 1. The third-order valence-electron chi connectivity index (χ3n) is 4.34. The topological polar surface area (TPSA) is 91.8 Å². The summed E-state index contributed by atoms with van der Waals surface area (Å²) in [5.41, 5.74) is 1.97. The summed E-state index contributed by atoms with van der Waals surface area (Å²) < 4.78 is 0. The molecule has 1 aliphatic rings. The quantitative estimate of drug-likeness (QED) is 0.919. The van der Waals surface area contributed by atoms with Gasteiger partial charge in [0.25, 0.3) is 11.5 Å². The Balaban J connectivity index is 1.80. The minimum absolute atomic E-state index is 0.0337. The minimum atomic E-state index is -0.162. The first-order valence-electron chi connectivity index (χ1n) is 8.31. The third kappa shape index (κ3) is 3.50. The molecule has 126 valence electrons. The van der Waals surface area contributed by atoms with Gasteiger partial charge in [-0.25, -0.2) is 15.0 Å². The monoisotopic (exact) mass is 327 g/mol. The molecule has 1 fully saturated rings. The van der Waals surface area contributed by atoms with Crippen LogP contribution in [-0.2, 0) is 6.42 Å². The molecule has 3 rings (SSSR count). The number of aromatic amines is 1. The Morgan fingerprint density at radius 1 is 1.42 bits per heavy atom. The Hall–Kier alpha value is -2.57. The number of carbonyl (C=O) groups is 1. The smallest absolute Gasteiger partial charge is 0.257 e. The maximum absolute atomic E-state index is 12.9. The van der Waals surface area contributed by atoms with Crippen molar-refractivity contribution in [2.45, 2.75) is 38.5 Å². The Kier molecular flexibility index (Phi) is 4.98. The zero-order valence-corrected chi connectivity index (χ0v) is 13.7. The van der Waals surface area contributed by atoms with Gasteiger partial charge in [0.2, 0.25) is 0 Å². The van der Waals surface area contributed by atoms with Crippen LogP contribution in [0.2, 0.25) is 0 Å². The molecule has 1 atom stereocenters. The molecule has 0 radical (unpaired) electrons. The first-order chi connectivity index (χ1) is 11.7. The largest absolute Gasteiger partial charge is 0.338 e. The highest BCUT2D eigenvalue weighted by Crippen LogP contribution is 2.26. The van der Waals surface area contributed by atoms with E-state index >= 15 is 0 Å². The van der Waals surface area contributed by atoms with Gasteiger partial charge in [-0.15, -0.1) is 0 Å². The number of rotatable bonds is 4. The molecule has 1 N–H and O–H groups in total. The zero-order valence-electron chi connectivity index (χ0n) is 13.7. The molecule has 7 heteroatoms. The molecule has 1 saturated heterocycles. The SMILES string of the molecule is CCCc1ncncc1C(=O)N1CCCC(c2cc(=O)[nH]cn2)C1. The van der Waals surface area contributed by atoms with Crippen LogP contribution >= 0.6 is 0 Å². The van der Waals surface area contributed by atoms with Crippen LogP contribution in [0.4, 0.5) is 0 Å². The molecular formula is C17H21N5O2. The van der Waals surface area contributed by atoms with Gasteiger partial charge in [0.15, 0.2) is 0 Å². The number of piperidine rings is 1. The Labute approximate surface area is 140 Å². The standard InChI is InChI=1S/C17H21N5O2/c1-2-4-14-13(8-18-10-19-14)17(24)22-6-3-5-12(9-22)15-7-16(23)21-11-20-15/h7-8,10-12H,2-6,9H2,1H3,(H,20,21,23). The molecule has 2 aromatic heterocycles. The Morgan fingerprint density at radius 3 is 3.08 bits per heavy atom. The summed E-state index contributed by atoms with van der Waals surface area (Å²) in [7, 11) is 0. The number of nitrogens with zero attached hydrogens (tertiary/aromatic N) is 4. The highest BCUT2D eigenvalue weighted by molar-refractivity contribution is 5.95. The first-order valence-corrected chi connectivity index (χ1v) is 8.31. The number of hydrogen-bond acceptors (Lipinski definition) is 5. The Morgan fingerprint density at radius 2 is 2.29 bits per heavy atom. The Bertz CT molecular complexity index is 773. The molecule has 0 aromatic carbocycles. The van der Waals surface area contributed by atoms with Gasteiger partial charge < -0.3 is 9.88 Å². The fourth-order valence-corrected chi connectivity index (χ4v) is 3.15. The molecule has 7 nitrogen and oxygen atoms in total. The maximum Gasteiger partial charge on any atom is 0.257 e. The molecule has 1 aliphatic heterocycles. The number of nitrogens with one attached hydrogen (secondary N) is 1. The van der Waals surface area contributed by atoms with Gasteiger partial charge in [-0.05, 0) is 19.3 Å². The molecule has 0 saturated carbocycles. The van der Waals surface area contributed by atoms with E-state index < -0.39 is 0 Å². The van der Waals surface area contributed by atoms with Crippen molar-refractivity contribution < 1.29 is 4.79 Å². The van der Waals surface area contributed by atoms with Crippen LogP contribution in [0.15, 0.2) is 29.7 Å². The highest BCUT2D eigenvalue weighted by atomic mass is 16.2. The second kappa shape index (κ2) is 7.33. The molecule has 24 heavy (non-hydrogen) atoms. The second-order valence-electron chi connectivity index (χ2n) is 6.06. The second-order valence-corrected chi connectivity index (χ2v) is 6.06. The van der Waals surface area contributed by atoms with E-state index in [1.165, 1.54) is 18.7 Å². The minimum Gasteiger partial charge on any atom is -0.338 e. The van der Waals surface area contributed by atoms with E-state index in [0.29, 0.717) is 18.7 Å². The lowest BCUT2D eigenvalue weighted by Gasteiger charge is -2.32. The maximum atomic E-state index is 12.9. The van der Waals surface area contributed by atoms with Crippen LogP contribution in [0, 0.1) is 0 Å². The number of H-pyrrole nitrogens is 1. The number of likely N-dealkylation sites (tertiary alicyclic amines) is 1. The van der Waals surface area contributed by atoms with Crippen LogP contribution in [0.5, 0.6) is 0 Å². The predicted molar refractivity (Wildman–Crippen MR) is 88.8 cm³/mol. The molecule has 1 amide bonds. The van der Waals surface area contributed by atoms with Gasteiger partial charge in [-0.1, -0.05) is 13.3 Å². The summed E-state index contributed by atoms with van der Waals surface area (Å²) in [5.74, 6) is 0.0536. The number of hydrogen-bond donors (Lipinski definition) is 1. The molecule has 1 unspecified atom stereocenters. The molecule has 0 bridgehead atoms. The van der Waals surface area contributed by atoms with Gasteiger partial charge in [0.05, 0.1) is 23.3 Å². The molecular weight excluding hydrogens is 306 g/mol. The summed E-state index contributed by atoms with van der Waals surface area (Å²) in [6.07, 6.45) is 8.02. The summed E-state index contributed by atoms with van der Waals surface area (Å²) in [5, 5.41) is 0. The van der Waals surface area contributed by atoms with Gasteiger partial charge in [0, 0.05) is 31.3 Å². The average Bonchev–Trinajstić information content (AvgIpc) is 2.62. The van der Waals surface area contributed by atoms with Crippen molar-refractivity contribution in [2.24, 2.45) is 0 Å². The summed E-state index contributed by atoms with van der Waals surface area (Å²) >= 11 is 0. The fraction of sp³-hybridized carbons (Fsp3) is 0.471. The van der Waals surface area contributed by atoms with Gasteiger partial charge in [-0.3, -0.25) is 9.59 Å². The van der Waals surface area contributed by atoms with E-state index in [-0.39, 0.29) is 17.4 Å².